The highest BCUT2D eigenvalue weighted by Crippen LogP contribution is 2.30. The molecular weight excluding hydrogens is 344 g/mol. The molecule has 6 nitrogen and oxygen atoms in total. The van der Waals surface area contributed by atoms with Gasteiger partial charge in [0, 0.05) is 44.9 Å². The summed E-state index contributed by atoms with van der Waals surface area (Å²) in [6.45, 7) is 5.93. The second kappa shape index (κ2) is 9.42. The van der Waals surface area contributed by atoms with Gasteiger partial charge in [0.2, 0.25) is 0 Å². The Morgan fingerprint density at radius 3 is 2.56 bits per heavy atom. The molecule has 0 aromatic heterocycles. The Morgan fingerprint density at radius 1 is 1.22 bits per heavy atom. The van der Waals surface area contributed by atoms with Crippen LogP contribution >= 0.6 is 0 Å². The molecule has 1 aromatic rings. The van der Waals surface area contributed by atoms with Crippen molar-refractivity contribution >= 4 is 5.91 Å². The summed E-state index contributed by atoms with van der Waals surface area (Å²) < 4.78 is 11.6. The molecule has 2 heterocycles. The fourth-order valence-corrected chi connectivity index (χ4v) is 3.98. The van der Waals surface area contributed by atoms with Gasteiger partial charge in [0.15, 0.2) is 0 Å². The predicted molar refractivity (Wildman–Crippen MR) is 105 cm³/mol. The third-order valence-corrected chi connectivity index (χ3v) is 5.75. The van der Waals surface area contributed by atoms with Gasteiger partial charge in [-0.25, -0.2) is 0 Å². The van der Waals surface area contributed by atoms with Gasteiger partial charge in [-0.05, 0) is 51.2 Å². The number of hydrogen-bond acceptors (Lipinski definition) is 5. The van der Waals surface area contributed by atoms with Crippen LogP contribution in [0.1, 0.15) is 49.4 Å². The monoisotopic (exact) mass is 376 g/mol. The van der Waals surface area contributed by atoms with Crippen LogP contribution in [0.4, 0.5) is 0 Å². The van der Waals surface area contributed by atoms with E-state index < -0.39 is 0 Å². The molecule has 0 aliphatic carbocycles. The summed E-state index contributed by atoms with van der Waals surface area (Å²) in [4.78, 5) is 17.2. The van der Waals surface area contributed by atoms with E-state index in [0.29, 0.717) is 23.1 Å². The van der Waals surface area contributed by atoms with Gasteiger partial charge in [-0.15, -0.1) is 0 Å². The highest BCUT2D eigenvalue weighted by molar-refractivity contribution is 5.97. The molecule has 6 heteroatoms. The molecule has 3 rings (SSSR count). The first kappa shape index (κ1) is 20.0. The topological polar surface area (TPSA) is 62.2 Å². The SMILES string of the molecule is COc1ccc(C(=O)N2CCCC2)c(OC2CCN(C(C)CCO)CC2)c1. The molecule has 2 aliphatic rings. The second-order valence-electron chi connectivity index (χ2n) is 7.58. The van der Waals surface area contributed by atoms with Gasteiger partial charge in [0.25, 0.3) is 5.91 Å². The van der Waals surface area contributed by atoms with Gasteiger partial charge in [0.05, 0.1) is 12.7 Å². The number of ether oxygens (including phenoxy) is 2. The number of rotatable bonds is 7. The number of hydrogen-bond donors (Lipinski definition) is 1. The highest BCUT2D eigenvalue weighted by atomic mass is 16.5. The number of aliphatic hydroxyl groups is 1. The Morgan fingerprint density at radius 2 is 1.93 bits per heavy atom. The van der Waals surface area contributed by atoms with E-state index in [2.05, 4.69) is 11.8 Å². The lowest BCUT2D eigenvalue weighted by Gasteiger charge is -2.36. The normalized spacial score (nSPS) is 19.9. The second-order valence-corrected chi connectivity index (χ2v) is 7.58. The van der Waals surface area contributed by atoms with E-state index in [9.17, 15) is 4.79 Å². The van der Waals surface area contributed by atoms with Crippen molar-refractivity contribution in [1.29, 1.82) is 0 Å². The number of carbonyl (C=O) groups excluding carboxylic acids is 1. The van der Waals surface area contributed by atoms with Crippen LogP contribution in [0.3, 0.4) is 0 Å². The molecule has 27 heavy (non-hydrogen) atoms. The molecule has 150 valence electrons. The predicted octanol–water partition coefficient (Wildman–Crippen LogP) is 2.55. The lowest BCUT2D eigenvalue weighted by molar-refractivity contribution is 0.0682. The maximum absolute atomic E-state index is 12.9. The molecule has 0 spiro atoms. The summed E-state index contributed by atoms with van der Waals surface area (Å²) in [7, 11) is 1.63. The minimum atomic E-state index is 0.0548. The van der Waals surface area contributed by atoms with Crippen LogP contribution < -0.4 is 9.47 Å². The summed E-state index contributed by atoms with van der Waals surface area (Å²) in [5, 5.41) is 9.14. The molecule has 1 N–H and O–H groups in total. The Hall–Kier alpha value is -1.79. The molecule has 1 aromatic carbocycles. The van der Waals surface area contributed by atoms with E-state index in [1.165, 1.54) is 0 Å². The highest BCUT2D eigenvalue weighted by Gasteiger charge is 2.27. The zero-order valence-electron chi connectivity index (χ0n) is 16.5. The van der Waals surface area contributed by atoms with Gasteiger partial charge in [-0.3, -0.25) is 4.79 Å². The van der Waals surface area contributed by atoms with Crippen molar-refractivity contribution in [2.45, 2.75) is 51.2 Å². The van der Waals surface area contributed by atoms with Gasteiger partial charge >= 0.3 is 0 Å². The van der Waals surface area contributed by atoms with Crippen LogP contribution in [0, 0.1) is 0 Å². The number of amides is 1. The summed E-state index contributed by atoms with van der Waals surface area (Å²) in [5.74, 6) is 1.39. The van der Waals surface area contributed by atoms with Crippen molar-refractivity contribution in [2.75, 3.05) is 39.9 Å². The van der Waals surface area contributed by atoms with Gasteiger partial charge in [-0.1, -0.05) is 0 Å². The van der Waals surface area contributed by atoms with Crippen LogP contribution in [0.5, 0.6) is 11.5 Å². The van der Waals surface area contributed by atoms with E-state index in [0.717, 1.165) is 58.3 Å². The van der Waals surface area contributed by atoms with E-state index in [-0.39, 0.29) is 18.6 Å². The largest absolute Gasteiger partial charge is 0.497 e. The van der Waals surface area contributed by atoms with E-state index in [1.807, 2.05) is 23.1 Å². The van der Waals surface area contributed by atoms with Crippen molar-refractivity contribution in [1.82, 2.24) is 9.80 Å². The van der Waals surface area contributed by atoms with Crippen molar-refractivity contribution in [3.8, 4) is 11.5 Å². The minimum Gasteiger partial charge on any atom is -0.497 e. The molecule has 2 saturated heterocycles. The third-order valence-electron chi connectivity index (χ3n) is 5.75. The Labute approximate surface area is 162 Å². The number of likely N-dealkylation sites (tertiary alicyclic amines) is 2. The van der Waals surface area contributed by atoms with Crippen LogP contribution in [0.15, 0.2) is 18.2 Å². The van der Waals surface area contributed by atoms with E-state index >= 15 is 0 Å². The number of aliphatic hydroxyl groups excluding tert-OH is 1. The van der Waals surface area contributed by atoms with Crippen LogP contribution in [0.25, 0.3) is 0 Å². The summed E-state index contributed by atoms with van der Waals surface area (Å²) in [5.41, 5.74) is 0.633. The minimum absolute atomic E-state index is 0.0548. The molecule has 1 amide bonds. The molecule has 0 bridgehead atoms. The quantitative estimate of drug-likeness (QED) is 0.792. The smallest absolute Gasteiger partial charge is 0.257 e. The average molecular weight is 376 g/mol. The average Bonchev–Trinajstić information content (AvgIpc) is 3.23. The number of carbonyl (C=O) groups is 1. The molecule has 1 unspecified atom stereocenters. The molecular formula is C21H32N2O4. The standard InChI is InChI=1S/C21H32N2O4/c1-16(9-14-24)22-12-7-17(8-13-22)27-20-15-18(26-2)5-6-19(20)21(25)23-10-3-4-11-23/h5-6,15-17,24H,3-4,7-14H2,1-2H3. The lowest BCUT2D eigenvalue weighted by atomic mass is 10.0. The first-order valence-corrected chi connectivity index (χ1v) is 10.1. The fourth-order valence-electron chi connectivity index (χ4n) is 3.98. The molecule has 2 aliphatic heterocycles. The molecule has 1 atom stereocenters. The zero-order chi connectivity index (χ0) is 19.2. The van der Waals surface area contributed by atoms with Crippen LogP contribution in [0.2, 0.25) is 0 Å². The number of nitrogens with zero attached hydrogens (tertiary/aromatic N) is 2. The van der Waals surface area contributed by atoms with Crippen molar-refractivity contribution < 1.29 is 19.4 Å². The Kier molecular flexibility index (Phi) is 6.96. The summed E-state index contributed by atoms with van der Waals surface area (Å²) in [6.07, 6.45) is 4.88. The summed E-state index contributed by atoms with van der Waals surface area (Å²) in [6, 6.07) is 5.88. The van der Waals surface area contributed by atoms with Crippen molar-refractivity contribution in [2.24, 2.45) is 0 Å². The van der Waals surface area contributed by atoms with Gasteiger partial charge < -0.3 is 24.4 Å². The number of methoxy groups -OCH3 is 1. The maximum atomic E-state index is 12.9. The van der Waals surface area contributed by atoms with E-state index in [1.54, 1.807) is 7.11 Å². The molecule has 0 radical (unpaired) electrons. The summed E-state index contributed by atoms with van der Waals surface area (Å²) >= 11 is 0. The Balaban J connectivity index is 1.67. The zero-order valence-corrected chi connectivity index (χ0v) is 16.5. The first-order chi connectivity index (χ1) is 13.1. The van der Waals surface area contributed by atoms with Crippen molar-refractivity contribution in [3.63, 3.8) is 0 Å². The van der Waals surface area contributed by atoms with E-state index in [4.69, 9.17) is 14.6 Å². The third kappa shape index (κ3) is 4.93. The molecule has 0 saturated carbocycles. The maximum Gasteiger partial charge on any atom is 0.257 e. The van der Waals surface area contributed by atoms with Crippen LogP contribution in [-0.2, 0) is 0 Å². The Bertz CT molecular complexity index is 623. The lowest BCUT2D eigenvalue weighted by Crippen LogP contribution is -2.43. The molecule has 2 fully saturated rings. The number of benzene rings is 1. The van der Waals surface area contributed by atoms with Gasteiger partial charge in [-0.2, -0.15) is 0 Å². The number of piperidine rings is 1. The van der Waals surface area contributed by atoms with Gasteiger partial charge in [0.1, 0.15) is 17.6 Å². The van der Waals surface area contributed by atoms with Crippen LogP contribution in [-0.4, -0.2) is 72.9 Å². The van der Waals surface area contributed by atoms with Crippen molar-refractivity contribution in [3.05, 3.63) is 23.8 Å². The fraction of sp³-hybridized carbons (Fsp3) is 0.667. The first-order valence-electron chi connectivity index (χ1n) is 10.1.